The van der Waals surface area contributed by atoms with Crippen molar-refractivity contribution < 1.29 is 12.8 Å². The number of furan rings is 1. The Labute approximate surface area is 128 Å². The summed E-state index contributed by atoms with van der Waals surface area (Å²) in [6.45, 7) is 14.4. The van der Waals surface area contributed by atoms with Crippen molar-refractivity contribution in [1.82, 2.24) is 10.0 Å². The Bertz CT molecular complexity index is 581. The van der Waals surface area contributed by atoms with Crippen LogP contribution in [0.25, 0.3) is 0 Å². The predicted molar refractivity (Wildman–Crippen MR) is 84.8 cm³/mol. The topological polar surface area (TPSA) is 71.3 Å². The summed E-state index contributed by atoms with van der Waals surface area (Å²) in [6.07, 6.45) is 0. The average Bonchev–Trinajstić information content (AvgIpc) is 2.58. The van der Waals surface area contributed by atoms with Gasteiger partial charge in [-0.05, 0) is 19.3 Å². The van der Waals surface area contributed by atoms with Crippen LogP contribution in [0.1, 0.15) is 51.7 Å². The first kappa shape index (κ1) is 18.2. The van der Waals surface area contributed by atoms with E-state index < -0.39 is 10.0 Å². The molecule has 0 radical (unpaired) electrons. The molecule has 0 unspecified atom stereocenters. The minimum atomic E-state index is -3.57. The van der Waals surface area contributed by atoms with Crippen LogP contribution in [0.4, 0.5) is 0 Å². The fourth-order valence-electron chi connectivity index (χ4n) is 1.96. The van der Waals surface area contributed by atoms with Crippen LogP contribution in [0.3, 0.4) is 0 Å². The van der Waals surface area contributed by atoms with Gasteiger partial charge in [-0.1, -0.05) is 34.6 Å². The lowest BCUT2D eigenvalue weighted by Crippen LogP contribution is -2.33. The Kier molecular flexibility index (Phi) is 5.63. The first-order valence-electron chi connectivity index (χ1n) is 7.26. The van der Waals surface area contributed by atoms with Crippen LogP contribution in [0.5, 0.6) is 0 Å². The van der Waals surface area contributed by atoms with E-state index in [0.29, 0.717) is 30.2 Å². The molecule has 0 aliphatic rings. The Morgan fingerprint density at radius 2 is 1.71 bits per heavy atom. The lowest BCUT2D eigenvalue weighted by Gasteiger charge is -2.19. The van der Waals surface area contributed by atoms with E-state index in [0.717, 1.165) is 0 Å². The summed E-state index contributed by atoms with van der Waals surface area (Å²) in [4.78, 5) is 0.275. The molecular weight excluding hydrogens is 288 g/mol. The summed E-state index contributed by atoms with van der Waals surface area (Å²) in [5.41, 5.74) is 0.596. The molecule has 122 valence electrons. The van der Waals surface area contributed by atoms with Crippen molar-refractivity contribution in [3.63, 3.8) is 0 Å². The monoisotopic (exact) mass is 316 g/mol. The summed E-state index contributed by atoms with van der Waals surface area (Å²) in [5, 5.41) is 3.25. The highest BCUT2D eigenvalue weighted by Crippen LogP contribution is 2.27. The molecule has 0 fully saturated rings. The molecule has 0 spiro atoms. The number of aryl methyl sites for hydroxylation is 2. The Balaban J connectivity index is 3.10. The van der Waals surface area contributed by atoms with Crippen LogP contribution in [0.15, 0.2) is 9.31 Å². The van der Waals surface area contributed by atoms with Crippen LogP contribution in [0, 0.1) is 19.3 Å². The van der Waals surface area contributed by atoms with E-state index in [2.05, 4.69) is 10.0 Å². The van der Waals surface area contributed by atoms with Gasteiger partial charge in [-0.3, -0.25) is 0 Å². The molecule has 5 nitrogen and oxygen atoms in total. The lowest BCUT2D eigenvalue weighted by molar-refractivity contribution is 0.407. The molecule has 1 aromatic rings. The fraction of sp³-hybridized carbons (Fsp3) is 0.733. The van der Waals surface area contributed by atoms with Crippen molar-refractivity contribution in [3.05, 3.63) is 17.1 Å². The van der Waals surface area contributed by atoms with Crippen LogP contribution >= 0.6 is 0 Å². The Morgan fingerprint density at radius 1 is 1.14 bits per heavy atom. The number of sulfonamides is 1. The summed E-state index contributed by atoms with van der Waals surface area (Å²) in [7, 11) is -3.57. The molecule has 21 heavy (non-hydrogen) atoms. The molecule has 1 rings (SSSR count). The van der Waals surface area contributed by atoms with Crippen molar-refractivity contribution in [3.8, 4) is 0 Å². The van der Waals surface area contributed by atoms with E-state index in [-0.39, 0.29) is 16.4 Å². The van der Waals surface area contributed by atoms with Crippen LogP contribution < -0.4 is 10.0 Å². The predicted octanol–water partition coefficient (Wildman–Crippen LogP) is 2.72. The molecule has 0 bridgehead atoms. The van der Waals surface area contributed by atoms with Crippen molar-refractivity contribution in [2.24, 2.45) is 5.41 Å². The standard InChI is InChI=1S/C15H28N2O3S/c1-10(2)16-8-13-11(3)20-12(4)14(13)21(18,19)17-9-15(5,6)7/h10,16-17H,8-9H2,1-7H3. The molecule has 2 N–H and O–H groups in total. The molecule has 0 saturated carbocycles. The molecule has 0 aromatic carbocycles. The molecule has 6 heteroatoms. The third-order valence-corrected chi connectivity index (χ3v) is 4.67. The number of hydrogen-bond donors (Lipinski definition) is 2. The van der Waals surface area contributed by atoms with Crippen LogP contribution in [0.2, 0.25) is 0 Å². The normalized spacial score (nSPS) is 13.1. The van der Waals surface area contributed by atoms with E-state index in [4.69, 9.17) is 4.42 Å². The van der Waals surface area contributed by atoms with Crippen molar-refractivity contribution in [2.75, 3.05) is 6.54 Å². The molecule has 0 aliphatic carbocycles. The Morgan fingerprint density at radius 3 is 2.19 bits per heavy atom. The molecule has 0 amide bonds. The van der Waals surface area contributed by atoms with Crippen molar-refractivity contribution >= 4 is 10.0 Å². The molecule has 0 atom stereocenters. The van der Waals surface area contributed by atoms with E-state index in [1.807, 2.05) is 34.6 Å². The van der Waals surface area contributed by atoms with E-state index >= 15 is 0 Å². The van der Waals surface area contributed by atoms with Gasteiger partial charge in [-0.15, -0.1) is 0 Å². The largest absolute Gasteiger partial charge is 0.465 e. The van der Waals surface area contributed by atoms with Gasteiger partial charge in [0, 0.05) is 24.7 Å². The van der Waals surface area contributed by atoms with Gasteiger partial charge >= 0.3 is 0 Å². The quantitative estimate of drug-likeness (QED) is 0.846. The maximum Gasteiger partial charge on any atom is 0.244 e. The van der Waals surface area contributed by atoms with Gasteiger partial charge in [-0.2, -0.15) is 0 Å². The number of hydrogen-bond acceptors (Lipinski definition) is 4. The van der Waals surface area contributed by atoms with Crippen molar-refractivity contribution in [1.29, 1.82) is 0 Å². The second-order valence-electron chi connectivity index (χ2n) is 6.94. The van der Waals surface area contributed by atoms with Gasteiger partial charge in [-0.25, -0.2) is 13.1 Å². The average molecular weight is 316 g/mol. The van der Waals surface area contributed by atoms with Gasteiger partial charge in [0.1, 0.15) is 16.4 Å². The first-order chi connectivity index (χ1) is 9.44. The Hall–Kier alpha value is -0.850. The number of nitrogens with one attached hydrogen (secondary N) is 2. The molecule has 1 heterocycles. The third kappa shape index (κ3) is 5.13. The maximum atomic E-state index is 12.6. The highest BCUT2D eigenvalue weighted by atomic mass is 32.2. The lowest BCUT2D eigenvalue weighted by atomic mass is 9.98. The van der Waals surface area contributed by atoms with Gasteiger partial charge in [0.15, 0.2) is 0 Å². The molecule has 0 saturated heterocycles. The minimum absolute atomic E-state index is 0.115. The van der Waals surface area contributed by atoms with E-state index in [9.17, 15) is 8.42 Å². The SMILES string of the molecule is Cc1oc(C)c(S(=O)(=O)NCC(C)(C)C)c1CNC(C)C. The second kappa shape index (κ2) is 6.50. The van der Waals surface area contributed by atoms with Crippen molar-refractivity contribution in [2.45, 2.75) is 65.9 Å². The summed E-state index contributed by atoms with van der Waals surface area (Å²) in [6, 6.07) is 0.276. The molecule has 0 aliphatic heterocycles. The minimum Gasteiger partial charge on any atom is -0.465 e. The number of rotatable bonds is 6. The van der Waals surface area contributed by atoms with Crippen LogP contribution in [-0.2, 0) is 16.6 Å². The maximum absolute atomic E-state index is 12.6. The highest BCUT2D eigenvalue weighted by Gasteiger charge is 2.27. The van der Waals surface area contributed by atoms with E-state index in [1.54, 1.807) is 13.8 Å². The summed E-state index contributed by atoms with van der Waals surface area (Å²) >= 11 is 0. The highest BCUT2D eigenvalue weighted by molar-refractivity contribution is 7.89. The summed E-state index contributed by atoms with van der Waals surface area (Å²) in [5.74, 6) is 1.09. The molecule has 1 aromatic heterocycles. The van der Waals surface area contributed by atoms with Crippen LogP contribution in [-0.4, -0.2) is 21.0 Å². The zero-order chi connectivity index (χ0) is 16.4. The third-order valence-electron chi connectivity index (χ3n) is 3.07. The zero-order valence-corrected chi connectivity index (χ0v) is 14.9. The summed E-state index contributed by atoms with van der Waals surface area (Å²) < 4.78 is 33.4. The zero-order valence-electron chi connectivity index (χ0n) is 14.1. The smallest absolute Gasteiger partial charge is 0.244 e. The molecular formula is C15H28N2O3S. The van der Waals surface area contributed by atoms with Gasteiger partial charge in [0.2, 0.25) is 10.0 Å². The van der Waals surface area contributed by atoms with E-state index in [1.165, 1.54) is 0 Å². The van der Waals surface area contributed by atoms with Gasteiger partial charge in [0.25, 0.3) is 0 Å². The fourth-order valence-corrected chi connectivity index (χ4v) is 3.68. The van der Waals surface area contributed by atoms with Gasteiger partial charge < -0.3 is 9.73 Å². The first-order valence-corrected chi connectivity index (χ1v) is 8.74. The second-order valence-corrected chi connectivity index (χ2v) is 8.65. The van der Waals surface area contributed by atoms with Gasteiger partial charge in [0.05, 0.1) is 0 Å².